The fraction of sp³-hybridized carbons (Fsp3) is 0.395. The Labute approximate surface area is 293 Å². The molecule has 7 heteroatoms. The first-order valence-corrected chi connectivity index (χ1v) is 17.9. The zero-order valence-electron chi connectivity index (χ0n) is 29.3. The van der Waals surface area contributed by atoms with E-state index in [9.17, 15) is 0 Å². The van der Waals surface area contributed by atoms with E-state index < -0.39 is 0 Å². The lowest BCUT2D eigenvalue weighted by atomic mass is 9.55. The van der Waals surface area contributed by atoms with E-state index in [0.717, 1.165) is 52.0 Å². The number of hydrogen-bond acceptors (Lipinski definition) is 7. The Morgan fingerprint density at radius 3 is 2.36 bits per heavy atom. The lowest BCUT2D eigenvalue weighted by molar-refractivity contribution is -0.0707. The van der Waals surface area contributed by atoms with Crippen molar-refractivity contribution in [2.24, 2.45) is 17.3 Å². The number of fused-ring (bicyclic) bond motifs is 7. The smallest absolute Gasteiger partial charge is 0.231 e. The minimum Gasteiger partial charge on any atom is -0.493 e. The topological polar surface area (TPSA) is 68.5 Å². The quantitative estimate of drug-likeness (QED) is 0.163. The van der Waals surface area contributed by atoms with Crippen molar-refractivity contribution in [2.45, 2.75) is 64.1 Å². The lowest BCUT2D eigenvalue weighted by Gasteiger charge is -2.50. The van der Waals surface area contributed by atoms with Crippen LogP contribution < -0.4 is 23.7 Å². The average Bonchev–Trinajstić information content (AvgIpc) is 3.87. The van der Waals surface area contributed by atoms with Gasteiger partial charge < -0.3 is 32.8 Å². The van der Waals surface area contributed by atoms with Gasteiger partial charge in [0.05, 0.1) is 34.0 Å². The van der Waals surface area contributed by atoms with Crippen LogP contribution in [0.15, 0.2) is 77.2 Å². The van der Waals surface area contributed by atoms with E-state index in [0.29, 0.717) is 53.5 Å². The summed E-state index contributed by atoms with van der Waals surface area (Å²) in [6, 6.07) is 25.4. The second kappa shape index (κ2) is 12.3. The molecule has 50 heavy (non-hydrogen) atoms. The molecule has 2 fully saturated rings. The largest absolute Gasteiger partial charge is 0.493 e. The molecule has 258 valence electrons. The van der Waals surface area contributed by atoms with Gasteiger partial charge in [-0.2, -0.15) is 0 Å². The van der Waals surface area contributed by atoms with Crippen molar-refractivity contribution in [1.82, 2.24) is 0 Å². The summed E-state index contributed by atoms with van der Waals surface area (Å²) in [6.07, 6.45) is 7.33. The highest BCUT2D eigenvalue weighted by atomic mass is 16.7. The maximum Gasteiger partial charge on any atom is 0.231 e. The maximum absolute atomic E-state index is 6.84. The standard InChI is InChI=1S/C43H44O7/c1-43-17-16-29-30(33(43)13-15-39(43)47-23-25-8-6-5-7-9-25)12-10-26-18-35-32(22-31(26)29)40(28-20-37(44-2)42(46-4)38(21-28)45-3)41(50-35)27-11-14-34-36(19-27)49-24-48-34/h5-9,11,14,18-22,29-30,33,39H,10,12-13,15-17,23-24H2,1-4H3/t29?,30?,33?,39-,43-/m0/s1. The van der Waals surface area contributed by atoms with Crippen molar-refractivity contribution in [2.75, 3.05) is 28.1 Å². The number of benzene rings is 4. The van der Waals surface area contributed by atoms with Crippen LogP contribution in [0.3, 0.4) is 0 Å². The predicted molar refractivity (Wildman–Crippen MR) is 193 cm³/mol. The van der Waals surface area contributed by atoms with Crippen LogP contribution in [0.4, 0.5) is 0 Å². The van der Waals surface area contributed by atoms with Crippen LogP contribution in [0.25, 0.3) is 33.4 Å². The third kappa shape index (κ3) is 4.96. The van der Waals surface area contributed by atoms with Crippen molar-refractivity contribution in [1.29, 1.82) is 0 Å². The van der Waals surface area contributed by atoms with Crippen LogP contribution in [0, 0.1) is 17.3 Å². The van der Waals surface area contributed by atoms with Gasteiger partial charge in [0, 0.05) is 16.5 Å². The van der Waals surface area contributed by atoms with Crippen LogP contribution >= 0.6 is 0 Å². The SMILES string of the molecule is COc1cc(-c2c(-c3ccc4c(c3)OCO4)oc3cc4c(cc23)C2CC[C@@]3(C)C(CC[C@@H]3OCc3ccccc3)C2CC4)cc(OC)c1OC. The summed E-state index contributed by atoms with van der Waals surface area (Å²) < 4.78 is 42.3. The molecule has 3 aliphatic carbocycles. The summed E-state index contributed by atoms with van der Waals surface area (Å²) >= 11 is 0. The predicted octanol–water partition coefficient (Wildman–Crippen LogP) is 9.96. The third-order valence-electron chi connectivity index (χ3n) is 12.3. The molecule has 4 aromatic carbocycles. The second-order valence-electron chi connectivity index (χ2n) is 14.7. The number of aryl methyl sites for hydroxylation is 1. The molecule has 9 rings (SSSR count). The minimum absolute atomic E-state index is 0.209. The van der Waals surface area contributed by atoms with Gasteiger partial charge in [-0.15, -0.1) is 0 Å². The van der Waals surface area contributed by atoms with Gasteiger partial charge in [0.1, 0.15) is 11.3 Å². The van der Waals surface area contributed by atoms with Gasteiger partial charge in [-0.3, -0.25) is 0 Å². The van der Waals surface area contributed by atoms with E-state index in [4.69, 9.17) is 32.8 Å². The summed E-state index contributed by atoms with van der Waals surface area (Å²) in [7, 11) is 4.94. The number of hydrogen-bond donors (Lipinski definition) is 0. The third-order valence-corrected chi connectivity index (χ3v) is 12.3. The second-order valence-corrected chi connectivity index (χ2v) is 14.7. The monoisotopic (exact) mass is 672 g/mol. The van der Waals surface area contributed by atoms with Crippen molar-refractivity contribution in [3.63, 3.8) is 0 Å². The summed E-state index contributed by atoms with van der Waals surface area (Å²) in [5.74, 6) is 5.82. The van der Waals surface area contributed by atoms with E-state index in [1.54, 1.807) is 21.3 Å². The molecule has 2 saturated carbocycles. The molecule has 5 atom stereocenters. The van der Waals surface area contributed by atoms with E-state index in [1.165, 1.54) is 42.4 Å². The first kappa shape index (κ1) is 31.4. The first-order valence-electron chi connectivity index (χ1n) is 17.9. The van der Waals surface area contributed by atoms with Gasteiger partial charge in [0.2, 0.25) is 12.5 Å². The highest BCUT2D eigenvalue weighted by Crippen LogP contribution is 2.62. The molecule has 0 bridgehead atoms. The maximum atomic E-state index is 6.84. The number of ether oxygens (including phenoxy) is 6. The molecule has 5 aromatic rings. The Bertz CT molecular complexity index is 2040. The fourth-order valence-corrected chi connectivity index (χ4v) is 9.91. The average molecular weight is 673 g/mol. The summed E-state index contributed by atoms with van der Waals surface area (Å²) in [4.78, 5) is 0. The van der Waals surface area contributed by atoms with Gasteiger partial charge in [-0.25, -0.2) is 0 Å². The normalized spacial score (nSPS) is 24.8. The Hall–Kier alpha value is -4.62. The van der Waals surface area contributed by atoms with E-state index in [2.05, 4.69) is 49.4 Å². The molecule has 4 aliphatic rings. The Morgan fingerprint density at radius 1 is 0.780 bits per heavy atom. The molecular formula is C43H44O7. The molecule has 0 N–H and O–H groups in total. The van der Waals surface area contributed by atoms with E-state index in [-0.39, 0.29) is 12.2 Å². The van der Waals surface area contributed by atoms with Crippen molar-refractivity contribution >= 4 is 11.0 Å². The molecule has 0 saturated heterocycles. The zero-order valence-corrected chi connectivity index (χ0v) is 29.3. The molecule has 3 unspecified atom stereocenters. The summed E-state index contributed by atoms with van der Waals surface area (Å²) in [5.41, 5.74) is 8.10. The van der Waals surface area contributed by atoms with Crippen LogP contribution in [0.2, 0.25) is 0 Å². The Morgan fingerprint density at radius 2 is 1.58 bits per heavy atom. The van der Waals surface area contributed by atoms with Gasteiger partial charge in [0.15, 0.2) is 23.0 Å². The zero-order chi connectivity index (χ0) is 34.0. The number of furan rings is 1. The highest BCUT2D eigenvalue weighted by molar-refractivity contribution is 6.03. The van der Waals surface area contributed by atoms with Crippen molar-refractivity contribution < 1.29 is 32.8 Å². The van der Waals surface area contributed by atoms with Gasteiger partial charge in [0.25, 0.3) is 0 Å². The first-order chi connectivity index (χ1) is 24.5. The molecule has 1 aliphatic heterocycles. The van der Waals surface area contributed by atoms with Crippen LogP contribution in [0.5, 0.6) is 28.7 Å². The highest BCUT2D eigenvalue weighted by Gasteiger charge is 2.55. The molecule has 2 heterocycles. The van der Waals surface area contributed by atoms with Gasteiger partial charge >= 0.3 is 0 Å². The van der Waals surface area contributed by atoms with Crippen molar-refractivity contribution in [3.05, 3.63) is 89.5 Å². The molecule has 1 aromatic heterocycles. The van der Waals surface area contributed by atoms with Crippen molar-refractivity contribution in [3.8, 4) is 51.2 Å². The van der Waals surface area contributed by atoms with E-state index in [1.807, 2.05) is 30.3 Å². The Kier molecular flexibility index (Phi) is 7.72. The summed E-state index contributed by atoms with van der Waals surface area (Å²) in [6.45, 7) is 3.43. The number of methoxy groups -OCH3 is 3. The molecule has 7 nitrogen and oxygen atoms in total. The minimum atomic E-state index is 0.209. The molecular weight excluding hydrogens is 628 g/mol. The van der Waals surface area contributed by atoms with Crippen LogP contribution in [-0.2, 0) is 17.8 Å². The fourth-order valence-electron chi connectivity index (χ4n) is 9.91. The van der Waals surface area contributed by atoms with Crippen LogP contribution in [-0.4, -0.2) is 34.2 Å². The number of rotatable bonds is 8. The van der Waals surface area contributed by atoms with E-state index >= 15 is 0 Å². The Balaban J connectivity index is 1.13. The molecule has 0 radical (unpaired) electrons. The van der Waals surface area contributed by atoms with Gasteiger partial charge in [-0.1, -0.05) is 37.3 Å². The summed E-state index contributed by atoms with van der Waals surface area (Å²) in [5, 5.41) is 1.09. The van der Waals surface area contributed by atoms with Gasteiger partial charge in [-0.05, 0) is 126 Å². The van der Waals surface area contributed by atoms with Crippen LogP contribution in [0.1, 0.15) is 61.6 Å². The molecule has 0 spiro atoms. The molecule has 0 amide bonds. The lowest BCUT2D eigenvalue weighted by Crippen LogP contribution is -2.44.